The van der Waals surface area contributed by atoms with Gasteiger partial charge in [0.05, 0.1) is 11.8 Å². The summed E-state index contributed by atoms with van der Waals surface area (Å²) in [5, 5.41) is 25.0. The van der Waals surface area contributed by atoms with Gasteiger partial charge in [-0.25, -0.2) is 0 Å². The summed E-state index contributed by atoms with van der Waals surface area (Å²) in [5.74, 6) is -0.0984. The fourth-order valence-corrected chi connectivity index (χ4v) is 2.64. The molecular weight excluding hydrogens is 284 g/mol. The van der Waals surface area contributed by atoms with Gasteiger partial charge in [0.25, 0.3) is 0 Å². The lowest BCUT2D eigenvalue weighted by Gasteiger charge is -2.19. The number of nitrogens with one attached hydrogen (secondary N) is 2. The Bertz CT molecular complexity index is 635. The van der Waals surface area contributed by atoms with Crippen molar-refractivity contribution in [3.63, 3.8) is 0 Å². The summed E-state index contributed by atoms with van der Waals surface area (Å²) < 4.78 is 0. The largest absolute Gasteiger partial charge is 0.290 e. The second-order valence-electron chi connectivity index (χ2n) is 5.61. The molecule has 110 valence electrons. The quantitative estimate of drug-likeness (QED) is 0.461. The molecule has 1 heterocycles. The number of nitrogens with zero attached hydrogens (tertiary/aromatic N) is 2. The van der Waals surface area contributed by atoms with Gasteiger partial charge < -0.3 is 0 Å². The Morgan fingerprint density at radius 2 is 1.86 bits per heavy atom. The van der Waals surface area contributed by atoms with E-state index in [0.717, 1.165) is 4.90 Å². The second kappa shape index (κ2) is 6.24. The van der Waals surface area contributed by atoms with Crippen molar-refractivity contribution in [3.05, 3.63) is 47.7 Å². The zero-order valence-corrected chi connectivity index (χ0v) is 13.0. The molecule has 3 N–H and O–H groups in total. The lowest BCUT2D eigenvalue weighted by molar-refractivity contribution is 0.234. The Kier molecular flexibility index (Phi) is 4.59. The average Bonchev–Trinajstić information content (AvgIpc) is 2.46. The topological polar surface area (TPSA) is 81.9 Å². The monoisotopic (exact) mass is 302 g/mol. The third-order valence-corrected chi connectivity index (χ3v) is 4.01. The Balaban J connectivity index is 2.25. The highest BCUT2D eigenvalue weighted by Gasteiger charge is 2.14. The Morgan fingerprint density at radius 3 is 2.43 bits per heavy atom. The summed E-state index contributed by atoms with van der Waals surface area (Å²) in [5.41, 5.74) is 3.73. The number of aromatic nitrogens is 2. The van der Waals surface area contributed by atoms with Crippen LogP contribution in [0.4, 0.5) is 0 Å². The van der Waals surface area contributed by atoms with Gasteiger partial charge in [0, 0.05) is 4.90 Å². The summed E-state index contributed by atoms with van der Waals surface area (Å²) in [4.78, 5) is 1.01. The lowest BCUT2D eigenvalue weighted by Crippen LogP contribution is -2.20. The van der Waals surface area contributed by atoms with Crippen molar-refractivity contribution in [2.75, 3.05) is 0 Å². The van der Waals surface area contributed by atoms with Crippen LogP contribution in [0.25, 0.3) is 0 Å². The van der Waals surface area contributed by atoms with Gasteiger partial charge in [-0.1, -0.05) is 44.7 Å². The molecule has 0 atom stereocenters. The predicted octanol–water partition coefficient (Wildman–Crippen LogP) is 3.23. The maximum absolute atomic E-state index is 8.87. The van der Waals surface area contributed by atoms with Crippen LogP contribution >= 0.6 is 11.8 Å². The van der Waals surface area contributed by atoms with E-state index in [1.54, 1.807) is 6.07 Å². The molecule has 0 saturated carbocycles. The number of amidine groups is 1. The molecule has 2 aromatic rings. The Morgan fingerprint density at radius 1 is 1.19 bits per heavy atom. The van der Waals surface area contributed by atoms with Gasteiger partial charge in [-0.15, -0.1) is 5.10 Å². The van der Waals surface area contributed by atoms with Crippen molar-refractivity contribution in [1.82, 2.24) is 15.7 Å². The Labute approximate surface area is 128 Å². The van der Waals surface area contributed by atoms with E-state index in [1.165, 1.54) is 23.5 Å². The molecule has 0 fully saturated rings. The number of hydroxylamine groups is 1. The molecule has 0 bridgehead atoms. The van der Waals surface area contributed by atoms with Gasteiger partial charge in [-0.3, -0.25) is 16.1 Å². The fraction of sp³-hybridized carbons (Fsp3) is 0.267. The van der Waals surface area contributed by atoms with Crippen molar-refractivity contribution < 1.29 is 5.21 Å². The fourth-order valence-electron chi connectivity index (χ4n) is 1.78. The molecule has 6 heteroatoms. The van der Waals surface area contributed by atoms with Crippen LogP contribution in [-0.2, 0) is 5.41 Å². The summed E-state index contributed by atoms with van der Waals surface area (Å²) in [7, 11) is 0. The van der Waals surface area contributed by atoms with Crippen LogP contribution in [0.3, 0.4) is 0 Å². The van der Waals surface area contributed by atoms with Crippen LogP contribution in [0.2, 0.25) is 0 Å². The number of benzene rings is 1. The van der Waals surface area contributed by atoms with Crippen molar-refractivity contribution in [3.8, 4) is 0 Å². The van der Waals surface area contributed by atoms with Crippen LogP contribution < -0.4 is 5.48 Å². The predicted molar refractivity (Wildman–Crippen MR) is 83.0 cm³/mol. The first-order valence-corrected chi connectivity index (χ1v) is 7.32. The molecule has 1 aromatic carbocycles. The highest BCUT2D eigenvalue weighted by Crippen LogP contribution is 2.30. The molecule has 1 aromatic heterocycles. The molecule has 0 radical (unpaired) electrons. The highest BCUT2D eigenvalue weighted by molar-refractivity contribution is 7.99. The zero-order chi connectivity index (χ0) is 15.5. The highest BCUT2D eigenvalue weighted by atomic mass is 32.2. The molecule has 0 aliphatic rings. The van der Waals surface area contributed by atoms with E-state index >= 15 is 0 Å². The first-order valence-electron chi connectivity index (χ1n) is 6.51. The van der Waals surface area contributed by atoms with Gasteiger partial charge in [-0.2, -0.15) is 5.10 Å². The van der Waals surface area contributed by atoms with Crippen LogP contribution in [0, 0.1) is 5.41 Å². The van der Waals surface area contributed by atoms with Crippen LogP contribution in [0.1, 0.15) is 31.9 Å². The first-order chi connectivity index (χ1) is 9.91. The maximum Gasteiger partial charge on any atom is 0.152 e. The SMILES string of the molecule is CC(C)(C)c1ccc(Sc2nnccc2C(=N)NO)cc1. The van der Waals surface area contributed by atoms with E-state index in [2.05, 4.69) is 43.1 Å². The summed E-state index contributed by atoms with van der Waals surface area (Å²) in [6.45, 7) is 6.51. The number of hydrogen-bond donors (Lipinski definition) is 3. The molecule has 21 heavy (non-hydrogen) atoms. The molecule has 0 aliphatic heterocycles. The third-order valence-electron chi connectivity index (χ3n) is 3.00. The van der Waals surface area contributed by atoms with E-state index < -0.39 is 0 Å². The Hall–Kier alpha value is -1.92. The summed E-state index contributed by atoms with van der Waals surface area (Å²) >= 11 is 1.41. The van der Waals surface area contributed by atoms with Crippen molar-refractivity contribution in [1.29, 1.82) is 5.41 Å². The normalized spacial score (nSPS) is 11.2. The average molecular weight is 302 g/mol. The summed E-state index contributed by atoms with van der Waals surface area (Å²) in [6, 6.07) is 9.88. The van der Waals surface area contributed by atoms with Crippen molar-refractivity contribution in [2.24, 2.45) is 0 Å². The van der Waals surface area contributed by atoms with Gasteiger partial charge in [0.1, 0.15) is 5.03 Å². The molecule has 2 rings (SSSR count). The minimum atomic E-state index is -0.0984. The van der Waals surface area contributed by atoms with E-state index in [9.17, 15) is 0 Å². The van der Waals surface area contributed by atoms with Gasteiger partial charge in [0.15, 0.2) is 5.84 Å². The molecule has 5 nitrogen and oxygen atoms in total. The molecular formula is C15H18N4OS. The second-order valence-corrected chi connectivity index (χ2v) is 6.68. The molecule has 0 unspecified atom stereocenters. The summed E-state index contributed by atoms with van der Waals surface area (Å²) in [6.07, 6.45) is 1.49. The smallest absolute Gasteiger partial charge is 0.152 e. The molecule has 0 amide bonds. The standard InChI is InChI=1S/C15H18N4OS/c1-15(2,3)10-4-6-11(7-5-10)21-14-12(13(16)19-20)8-9-17-18-14/h4-9,20H,1-3H3,(H2,16,19). The van der Waals surface area contributed by atoms with Crippen molar-refractivity contribution >= 4 is 17.6 Å². The van der Waals surface area contributed by atoms with Gasteiger partial charge in [-0.05, 0) is 29.2 Å². The molecule has 0 aliphatic carbocycles. The van der Waals surface area contributed by atoms with Crippen LogP contribution in [0.5, 0.6) is 0 Å². The van der Waals surface area contributed by atoms with Crippen molar-refractivity contribution in [2.45, 2.75) is 36.1 Å². The van der Waals surface area contributed by atoms with Crippen LogP contribution in [0.15, 0.2) is 46.5 Å². The number of rotatable bonds is 3. The zero-order valence-electron chi connectivity index (χ0n) is 12.2. The third kappa shape index (κ3) is 3.80. The van der Waals surface area contributed by atoms with E-state index in [1.807, 2.05) is 17.6 Å². The van der Waals surface area contributed by atoms with Crippen LogP contribution in [-0.4, -0.2) is 21.2 Å². The minimum absolute atomic E-state index is 0.0984. The molecule has 0 saturated heterocycles. The molecule has 0 spiro atoms. The maximum atomic E-state index is 8.87. The van der Waals surface area contributed by atoms with Gasteiger partial charge >= 0.3 is 0 Å². The van der Waals surface area contributed by atoms with Gasteiger partial charge in [0.2, 0.25) is 0 Å². The van der Waals surface area contributed by atoms with E-state index in [0.29, 0.717) is 10.6 Å². The minimum Gasteiger partial charge on any atom is -0.290 e. The number of hydrogen-bond acceptors (Lipinski definition) is 5. The lowest BCUT2D eigenvalue weighted by atomic mass is 9.87. The van der Waals surface area contributed by atoms with E-state index in [4.69, 9.17) is 10.6 Å². The first kappa shape index (κ1) is 15.5. The van der Waals surface area contributed by atoms with E-state index in [-0.39, 0.29) is 11.3 Å².